The van der Waals surface area contributed by atoms with Crippen molar-refractivity contribution in [3.63, 3.8) is 0 Å². The van der Waals surface area contributed by atoms with Gasteiger partial charge in [-0.25, -0.2) is 8.42 Å². The van der Waals surface area contributed by atoms with E-state index in [0.29, 0.717) is 13.1 Å². The van der Waals surface area contributed by atoms with Gasteiger partial charge in [-0.1, -0.05) is 18.6 Å². The van der Waals surface area contributed by atoms with Crippen molar-refractivity contribution in [2.45, 2.75) is 38.2 Å². The van der Waals surface area contributed by atoms with Crippen LogP contribution < -0.4 is 4.31 Å². The molecule has 0 amide bonds. The molecule has 1 atom stereocenters. The number of rotatable bonds is 4. The van der Waals surface area contributed by atoms with Crippen molar-refractivity contribution in [1.82, 2.24) is 4.90 Å². The van der Waals surface area contributed by atoms with Crippen LogP contribution in [-0.4, -0.2) is 50.9 Å². The number of fused-ring (bicyclic) bond motifs is 1. The van der Waals surface area contributed by atoms with Gasteiger partial charge < -0.3 is 10.0 Å². The monoisotopic (exact) mass is 338 g/mol. The predicted molar refractivity (Wildman–Crippen MR) is 92.2 cm³/mol. The standard InChI is InChI=1S/C17H26N2O3S/c1-23(21,22)19-11-5-6-14-12-15(7-8-16(14)19)17(20)13-18-9-3-2-4-10-18/h7-8,12,17,20H,2-6,9-11,13H2,1H3/t17-/m1/s1. The van der Waals surface area contributed by atoms with E-state index >= 15 is 0 Å². The highest BCUT2D eigenvalue weighted by Gasteiger charge is 2.25. The summed E-state index contributed by atoms with van der Waals surface area (Å²) in [6.45, 7) is 3.32. The van der Waals surface area contributed by atoms with Crippen LogP contribution in [0, 0.1) is 0 Å². The zero-order chi connectivity index (χ0) is 16.4. The second-order valence-corrected chi connectivity index (χ2v) is 8.61. The van der Waals surface area contributed by atoms with E-state index in [1.54, 1.807) is 0 Å². The first kappa shape index (κ1) is 16.7. The second kappa shape index (κ2) is 6.79. The highest BCUT2D eigenvalue weighted by molar-refractivity contribution is 7.92. The van der Waals surface area contributed by atoms with Gasteiger partial charge in [-0.2, -0.15) is 0 Å². The number of sulfonamides is 1. The van der Waals surface area contributed by atoms with Gasteiger partial charge in [0.15, 0.2) is 0 Å². The molecule has 0 bridgehead atoms. The third-order valence-electron chi connectivity index (χ3n) is 4.84. The number of hydrogen-bond acceptors (Lipinski definition) is 4. The summed E-state index contributed by atoms with van der Waals surface area (Å²) in [7, 11) is -3.23. The van der Waals surface area contributed by atoms with Crippen molar-refractivity contribution >= 4 is 15.7 Å². The maximum absolute atomic E-state index is 11.9. The molecule has 0 radical (unpaired) electrons. The number of hydrogen-bond donors (Lipinski definition) is 1. The molecular formula is C17H26N2O3S. The first-order valence-corrected chi connectivity index (χ1v) is 10.3. The van der Waals surface area contributed by atoms with E-state index < -0.39 is 16.1 Å². The first-order chi connectivity index (χ1) is 10.9. The molecule has 1 saturated heterocycles. The molecule has 2 aliphatic heterocycles. The van der Waals surface area contributed by atoms with Crippen molar-refractivity contribution in [3.05, 3.63) is 29.3 Å². The van der Waals surface area contributed by atoms with E-state index in [9.17, 15) is 13.5 Å². The van der Waals surface area contributed by atoms with E-state index in [1.165, 1.54) is 29.8 Å². The third kappa shape index (κ3) is 3.87. The van der Waals surface area contributed by atoms with Crippen LogP contribution in [0.4, 0.5) is 5.69 Å². The van der Waals surface area contributed by atoms with Crippen molar-refractivity contribution in [2.24, 2.45) is 0 Å². The molecule has 0 saturated carbocycles. The normalized spacial score (nSPS) is 21.0. The first-order valence-electron chi connectivity index (χ1n) is 8.46. The summed E-state index contributed by atoms with van der Waals surface area (Å²) in [5, 5.41) is 10.5. The number of benzene rings is 1. The van der Waals surface area contributed by atoms with E-state index in [-0.39, 0.29) is 0 Å². The number of nitrogens with zero attached hydrogens (tertiary/aromatic N) is 2. The Balaban J connectivity index is 1.77. The number of β-amino-alcohol motifs (C(OH)–C–C–N with tert-alkyl or cyclic N) is 1. The van der Waals surface area contributed by atoms with Crippen LogP contribution in [0.15, 0.2) is 18.2 Å². The summed E-state index contributed by atoms with van der Waals surface area (Å²) in [4.78, 5) is 2.32. The van der Waals surface area contributed by atoms with Gasteiger partial charge in [0.05, 0.1) is 18.0 Å². The highest BCUT2D eigenvalue weighted by atomic mass is 32.2. The SMILES string of the molecule is CS(=O)(=O)N1CCCc2cc([C@H](O)CN3CCCCC3)ccc21. The number of anilines is 1. The second-order valence-electron chi connectivity index (χ2n) is 6.70. The predicted octanol–water partition coefficient (Wildman–Crippen LogP) is 1.92. The molecule has 1 fully saturated rings. The molecule has 5 nitrogen and oxygen atoms in total. The Morgan fingerprint density at radius 3 is 2.57 bits per heavy atom. The molecule has 3 rings (SSSR count). The fraction of sp³-hybridized carbons (Fsp3) is 0.647. The molecule has 1 N–H and O–H groups in total. The van der Waals surface area contributed by atoms with E-state index in [4.69, 9.17) is 0 Å². The summed E-state index contributed by atoms with van der Waals surface area (Å²) in [5.74, 6) is 0. The zero-order valence-corrected chi connectivity index (χ0v) is 14.6. The fourth-order valence-electron chi connectivity index (χ4n) is 3.63. The minimum atomic E-state index is -3.23. The minimum absolute atomic E-state index is 0.507. The Morgan fingerprint density at radius 2 is 1.87 bits per heavy atom. The van der Waals surface area contributed by atoms with Gasteiger partial charge in [-0.05, 0) is 56.0 Å². The van der Waals surface area contributed by atoms with Crippen LogP contribution in [0.5, 0.6) is 0 Å². The Kier molecular flexibility index (Phi) is 4.94. The third-order valence-corrected chi connectivity index (χ3v) is 6.02. The lowest BCUT2D eigenvalue weighted by Crippen LogP contribution is -2.35. The van der Waals surface area contributed by atoms with Gasteiger partial charge in [0.25, 0.3) is 0 Å². The number of aryl methyl sites for hydroxylation is 1. The van der Waals surface area contributed by atoms with Crippen LogP contribution in [-0.2, 0) is 16.4 Å². The molecule has 6 heteroatoms. The fourth-order valence-corrected chi connectivity index (χ4v) is 4.62. The lowest BCUT2D eigenvalue weighted by molar-refractivity contribution is 0.101. The number of piperidine rings is 1. The topological polar surface area (TPSA) is 60.9 Å². The molecule has 23 heavy (non-hydrogen) atoms. The number of aliphatic hydroxyl groups excluding tert-OH is 1. The molecule has 128 valence electrons. The Labute approximate surface area is 139 Å². The molecule has 1 aromatic rings. The Morgan fingerprint density at radius 1 is 1.13 bits per heavy atom. The van der Waals surface area contributed by atoms with Crippen LogP contribution in [0.1, 0.15) is 42.9 Å². The molecule has 2 aliphatic rings. The molecule has 0 aliphatic carbocycles. The smallest absolute Gasteiger partial charge is 0.232 e. The average Bonchev–Trinajstić information content (AvgIpc) is 2.53. The van der Waals surface area contributed by atoms with E-state index in [2.05, 4.69) is 4.90 Å². The molecule has 0 spiro atoms. The Bertz CT molecular complexity index is 654. The summed E-state index contributed by atoms with van der Waals surface area (Å²) in [5.41, 5.74) is 2.69. The van der Waals surface area contributed by atoms with Crippen LogP contribution in [0.2, 0.25) is 0 Å². The quantitative estimate of drug-likeness (QED) is 0.911. The van der Waals surface area contributed by atoms with Gasteiger partial charge in [-0.3, -0.25) is 4.31 Å². The van der Waals surface area contributed by atoms with Gasteiger partial charge in [0.2, 0.25) is 10.0 Å². The van der Waals surface area contributed by atoms with E-state index in [0.717, 1.165) is 42.7 Å². The van der Waals surface area contributed by atoms with Crippen LogP contribution in [0.3, 0.4) is 0 Å². The summed E-state index contributed by atoms with van der Waals surface area (Å²) >= 11 is 0. The Hall–Kier alpha value is -1.11. The van der Waals surface area contributed by atoms with Crippen molar-refractivity contribution in [1.29, 1.82) is 0 Å². The lowest BCUT2D eigenvalue weighted by Gasteiger charge is -2.31. The van der Waals surface area contributed by atoms with Crippen LogP contribution in [0.25, 0.3) is 0 Å². The molecule has 0 aromatic heterocycles. The lowest BCUT2D eigenvalue weighted by atomic mass is 9.98. The summed E-state index contributed by atoms with van der Waals surface area (Å²) < 4.78 is 25.3. The largest absolute Gasteiger partial charge is 0.387 e. The highest BCUT2D eigenvalue weighted by Crippen LogP contribution is 2.31. The average molecular weight is 338 g/mol. The minimum Gasteiger partial charge on any atom is -0.387 e. The number of likely N-dealkylation sites (tertiary alicyclic amines) is 1. The molecular weight excluding hydrogens is 312 g/mol. The maximum Gasteiger partial charge on any atom is 0.232 e. The van der Waals surface area contributed by atoms with Gasteiger partial charge in [-0.15, -0.1) is 0 Å². The van der Waals surface area contributed by atoms with Crippen molar-refractivity contribution in [2.75, 3.05) is 36.7 Å². The summed E-state index contributed by atoms with van der Waals surface area (Å²) in [6, 6.07) is 5.71. The maximum atomic E-state index is 11.9. The van der Waals surface area contributed by atoms with Crippen molar-refractivity contribution < 1.29 is 13.5 Å². The van der Waals surface area contributed by atoms with Gasteiger partial charge in [0, 0.05) is 13.1 Å². The number of aliphatic hydroxyl groups is 1. The van der Waals surface area contributed by atoms with Gasteiger partial charge >= 0.3 is 0 Å². The van der Waals surface area contributed by atoms with E-state index in [1.807, 2.05) is 18.2 Å². The van der Waals surface area contributed by atoms with Crippen molar-refractivity contribution in [3.8, 4) is 0 Å². The molecule has 2 heterocycles. The molecule has 0 unspecified atom stereocenters. The summed E-state index contributed by atoms with van der Waals surface area (Å²) in [6.07, 6.45) is 6.14. The zero-order valence-electron chi connectivity index (χ0n) is 13.7. The van der Waals surface area contributed by atoms with Crippen LogP contribution >= 0.6 is 0 Å². The molecule has 1 aromatic carbocycles. The van der Waals surface area contributed by atoms with Gasteiger partial charge in [0.1, 0.15) is 0 Å².